The van der Waals surface area contributed by atoms with Crippen LogP contribution in [-0.2, 0) is 11.2 Å². The van der Waals surface area contributed by atoms with Crippen molar-refractivity contribution in [3.8, 4) is 5.75 Å². The van der Waals surface area contributed by atoms with Crippen molar-refractivity contribution >= 4 is 5.91 Å². The number of phenols is 1. The lowest BCUT2D eigenvalue weighted by Gasteiger charge is -2.14. The minimum Gasteiger partial charge on any atom is -0.508 e. The van der Waals surface area contributed by atoms with E-state index >= 15 is 0 Å². The third-order valence-corrected chi connectivity index (χ3v) is 3.00. The number of nitrogens with one attached hydrogen (secondary N) is 1. The molecule has 1 unspecified atom stereocenters. The van der Waals surface area contributed by atoms with E-state index in [1.807, 2.05) is 0 Å². The van der Waals surface area contributed by atoms with Crippen LogP contribution in [0.3, 0.4) is 0 Å². The second kappa shape index (κ2) is 6.19. The number of aromatic hydroxyl groups is 1. The predicted molar refractivity (Wildman–Crippen MR) is 74.8 cm³/mol. The van der Waals surface area contributed by atoms with E-state index in [4.69, 9.17) is 0 Å². The summed E-state index contributed by atoms with van der Waals surface area (Å²) in [6.45, 7) is 1.80. The van der Waals surface area contributed by atoms with Crippen molar-refractivity contribution in [2.24, 2.45) is 0 Å². The molecule has 0 aromatic heterocycles. The van der Waals surface area contributed by atoms with Crippen LogP contribution in [0.1, 0.15) is 24.1 Å². The molecule has 0 saturated heterocycles. The van der Waals surface area contributed by atoms with E-state index < -0.39 is 0 Å². The maximum absolute atomic E-state index is 13.1. The van der Waals surface area contributed by atoms with Gasteiger partial charge in [0.15, 0.2) is 0 Å². The van der Waals surface area contributed by atoms with Gasteiger partial charge in [-0.1, -0.05) is 24.3 Å². The molecule has 2 rings (SSSR count). The Morgan fingerprint density at radius 2 is 2.00 bits per heavy atom. The lowest BCUT2D eigenvalue weighted by molar-refractivity contribution is -0.121. The summed E-state index contributed by atoms with van der Waals surface area (Å²) in [5.74, 6) is -0.363. The number of halogens is 1. The van der Waals surface area contributed by atoms with Gasteiger partial charge in [-0.25, -0.2) is 4.39 Å². The number of benzene rings is 2. The third-order valence-electron chi connectivity index (χ3n) is 3.00. The molecule has 104 valence electrons. The molecule has 0 bridgehead atoms. The molecule has 1 amide bonds. The Bertz CT molecular complexity index is 613. The van der Waals surface area contributed by atoms with Crippen LogP contribution in [0, 0.1) is 5.82 Å². The highest BCUT2D eigenvalue weighted by atomic mass is 19.1. The van der Waals surface area contributed by atoms with Crippen LogP contribution in [0.25, 0.3) is 0 Å². The van der Waals surface area contributed by atoms with Crippen molar-refractivity contribution in [1.82, 2.24) is 5.32 Å². The SMILES string of the molecule is CC(NC(=O)Cc1cccc(O)c1)c1cccc(F)c1. The van der Waals surface area contributed by atoms with Gasteiger partial charge in [0.2, 0.25) is 5.91 Å². The number of hydrogen-bond donors (Lipinski definition) is 2. The molecule has 1 atom stereocenters. The molecule has 20 heavy (non-hydrogen) atoms. The number of hydrogen-bond acceptors (Lipinski definition) is 2. The van der Waals surface area contributed by atoms with E-state index in [-0.39, 0.29) is 29.9 Å². The molecule has 2 aromatic rings. The minimum atomic E-state index is -0.323. The fourth-order valence-corrected chi connectivity index (χ4v) is 2.00. The fraction of sp³-hybridized carbons (Fsp3) is 0.188. The smallest absolute Gasteiger partial charge is 0.224 e. The molecule has 0 heterocycles. The molecular weight excluding hydrogens is 257 g/mol. The molecule has 0 spiro atoms. The average molecular weight is 273 g/mol. The topological polar surface area (TPSA) is 49.3 Å². The van der Waals surface area contributed by atoms with Gasteiger partial charge in [0.25, 0.3) is 0 Å². The molecule has 0 aliphatic rings. The molecule has 0 radical (unpaired) electrons. The molecule has 0 saturated carbocycles. The van der Waals surface area contributed by atoms with Crippen molar-refractivity contribution in [2.45, 2.75) is 19.4 Å². The van der Waals surface area contributed by atoms with Crippen LogP contribution < -0.4 is 5.32 Å². The maximum Gasteiger partial charge on any atom is 0.224 e. The highest BCUT2D eigenvalue weighted by Gasteiger charge is 2.10. The summed E-state index contributed by atoms with van der Waals surface area (Å²) in [6, 6.07) is 12.4. The summed E-state index contributed by atoms with van der Waals surface area (Å²) >= 11 is 0. The summed E-state index contributed by atoms with van der Waals surface area (Å²) in [4.78, 5) is 11.9. The van der Waals surface area contributed by atoms with Crippen molar-refractivity contribution in [3.63, 3.8) is 0 Å². The molecule has 2 aromatic carbocycles. The van der Waals surface area contributed by atoms with Gasteiger partial charge >= 0.3 is 0 Å². The first-order valence-electron chi connectivity index (χ1n) is 6.37. The zero-order chi connectivity index (χ0) is 14.5. The summed E-state index contributed by atoms with van der Waals surface area (Å²) in [5.41, 5.74) is 1.45. The quantitative estimate of drug-likeness (QED) is 0.899. The van der Waals surface area contributed by atoms with Crippen LogP contribution in [0.15, 0.2) is 48.5 Å². The minimum absolute atomic E-state index is 0.133. The molecular formula is C16H16FNO2. The Hall–Kier alpha value is -2.36. The van der Waals surface area contributed by atoms with Crippen LogP contribution in [0.4, 0.5) is 4.39 Å². The van der Waals surface area contributed by atoms with E-state index in [9.17, 15) is 14.3 Å². The Morgan fingerprint density at radius 1 is 1.25 bits per heavy atom. The largest absolute Gasteiger partial charge is 0.508 e. The Balaban J connectivity index is 1.97. The molecule has 4 heteroatoms. The van der Waals surface area contributed by atoms with Crippen LogP contribution in [0.5, 0.6) is 5.75 Å². The standard InChI is InChI=1S/C16H16FNO2/c1-11(13-5-3-6-14(17)10-13)18-16(20)9-12-4-2-7-15(19)8-12/h2-8,10-11,19H,9H2,1H3,(H,18,20). The zero-order valence-electron chi connectivity index (χ0n) is 11.1. The van der Waals surface area contributed by atoms with Gasteiger partial charge in [-0.3, -0.25) is 4.79 Å². The highest BCUT2D eigenvalue weighted by molar-refractivity contribution is 5.79. The van der Waals surface area contributed by atoms with Gasteiger partial charge in [0.05, 0.1) is 12.5 Å². The third kappa shape index (κ3) is 3.82. The fourth-order valence-electron chi connectivity index (χ4n) is 2.00. The highest BCUT2D eigenvalue weighted by Crippen LogP contribution is 2.15. The molecule has 0 fully saturated rings. The number of carbonyl (C=O) groups excluding carboxylic acids is 1. The zero-order valence-corrected chi connectivity index (χ0v) is 11.1. The number of rotatable bonds is 4. The monoisotopic (exact) mass is 273 g/mol. The maximum atomic E-state index is 13.1. The van der Waals surface area contributed by atoms with E-state index in [0.29, 0.717) is 5.56 Å². The van der Waals surface area contributed by atoms with E-state index in [1.54, 1.807) is 43.3 Å². The second-order valence-corrected chi connectivity index (χ2v) is 4.69. The van der Waals surface area contributed by atoms with Gasteiger partial charge in [-0.05, 0) is 42.3 Å². The number of amides is 1. The van der Waals surface area contributed by atoms with Crippen molar-refractivity contribution in [1.29, 1.82) is 0 Å². The van der Waals surface area contributed by atoms with Crippen molar-refractivity contribution in [2.75, 3.05) is 0 Å². The van der Waals surface area contributed by atoms with E-state index in [1.165, 1.54) is 12.1 Å². The number of carbonyl (C=O) groups is 1. The second-order valence-electron chi connectivity index (χ2n) is 4.69. The molecule has 0 aliphatic carbocycles. The van der Waals surface area contributed by atoms with Crippen LogP contribution in [-0.4, -0.2) is 11.0 Å². The first-order valence-corrected chi connectivity index (χ1v) is 6.37. The summed E-state index contributed by atoms with van der Waals surface area (Å²) in [7, 11) is 0. The van der Waals surface area contributed by atoms with E-state index in [2.05, 4.69) is 5.32 Å². The summed E-state index contributed by atoms with van der Waals surface area (Å²) in [6.07, 6.45) is 0.175. The van der Waals surface area contributed by atoms with Gasteiger partial charge in [0.1, 0.15) is 11.6 Å². The number of phenolic OH excluding ortho intramolecular Hbond substituents is 1. The molecule has 2 N–H and O–H groups in total. The Labute approximate surface area is 117 Å². The van der Waals surface area contributed by atoms with Gasteiger partial charge in [0, 0.05) is 0 Å². The Kier molecular flexibility index (Phi) is 4.35. The molecule has 0 aliphatic heterocycles. The average Bonchev–Trinajstić information content (AvgIpc) is 2.38. The van der Waals surface area contributed by atoms with E-state index in [0.717, 1.165) is 5.56 Å². The first kappa shape index (κ1) is 14.1. The predicted octanol–water partition coefficient (Wildman–Crippen LogP) is 2.95. The lowest BCUT2D eigenvalue weighted by Crippen LogP contribution is -2.28. The van der Waals surface area contributed by atoms with Gasteiger partial charge in [-0.2, -0.15) is 0 Å². The first-order chi connectivity index (χ1) is 9.54. The molecule has 3 nitrogen and oxygen atoms in total. The lowest BCUT2D eigenvalue weighted by atomic mass is 10.1. The van der Waals surface area contributed by atoms with Gasteiger partial charge in [-0.15, -0.1) is 0 Å². The van der Waals surface area contributed by atoms with Gasteiger partial charge < -0.3 is 10.4 Å². The van der Waals surface area contributed by atoms with Crippen LogP contribution in [0.2, 0.25) is 0 Å². The normalized spacial score (nSPS) is 11.9. The van der Waals surface area contributed by atoms with Crippen molar-refractivity contribution in [3.05, 3.63) is 65.5 Å². The van der Waals surface area contributed by atoms with Crippen LogP contribution >= 0.6 is 0 Å². The Morgan fingerprint density at radius 3 is 2.70 bits per heavy atom. The van der Waals surface area contributed by atoms with Crippen molar-refractivity contribution < 1.29 is 14.3 Å². The summed E-state index contributed by atoms with van der Waals surface area (Å²) < 4.78 is 13.1. The summed E-state index contributed by atoms with van der Waals surface area (Å²) in [5, 5.41) is 12.1.